The molecule has 1 aromatic carbocycles. The van der Waals surface area contributed by atoms with Gasteiger partial charge in [-0.1, -0.05) is 17.7 Å². The van der Waals surface area contributed by atoms with E-state index in [9.17, 15) is 24.0 Å². The summed E-state index contributed by atoms with van der Waals surface area (Å²) in [5.74, 6) is -1.90. The number of benzene rings is 1. The number of nitrogens with two attached hydrogens (primary N) is 1. The van der Waals surface area contributed by atoms with Crippen LogP contribution in [0.5, 0.6) is 5.75 Å². The quantitative estimate of drug-likeness (QED) is 0.330. The molecule has 0 bridgehead atoms. The maximum atomic E-state index is 14.1. The number of amides is 1. The summed E-state index contributed by atoms with van der Waals surface area (Å²) < 4.78 is 20.9. The van der Waals surface area contributed by atoms with Crippen LogP contribution in [0.25, 0.3) is 11.1 Å². The third kappa shape index (κ3) is 5.64. The lowest BCUT2D eigenvalue weighted by atomic mass is 9.99. The normalized spacial score (nSPS) is 11.5. The molecule has 4 aromatic rings. The van der Waals surface area contributed by atoms with E-state index < -0.39 is 29.1 Å². The first kappa shape index (κ1) is 26.7. The van der Waals surface area contributed by atoms with E-state index in [2.05, 4.69) is 11.1 Å². The number of halogens is 2. The molecule has 0 aliphatic heterocycles. The van der Waals surface area contributed by atoms with Crippen LogP contribution in [-0.2, 0) is 17.6 Å². The Balaban J connectivity index is 1.80. The molecule has 0 spiro atoms. The predicted molar refractivity (Wildman–Crippen MR) is 141 cm³/mol. The number of hydrogen-bond acceptors (Lipinski definition) is 7. The third-order valence-corrected chi connectivity index (χ3v) is 7.16. The second-order valence-corrected chi connectivity index (χ2v) is 9.81. The molecule has 4 rings (SSSR count). The largest absolute Gasteiger partial charge is 0.495 e. The fourth-order valence-corrected chi connectivity index (χ4v) is 5.10. The lowest BCUT2D eigenvalue weighted by Gasteiger charge is -2.21. The Morgan fingerprint density at radius 3 is 2.66 bits per heavy atom. The summed E-state index contributed by atoms with van der Waals surface area (Å²) in [7, 11) is 1.40. The van der Waals surface area contributed by atoms with Crippen molar-refractivity contribution in [1.82, 2.24) is 9.55 Å². The summed E-state index contributed by atoms with van der Waals surface area (Å²) in [5, 5.41) is 9.92. The number of thiophene rings is 1. The van der Waals surface area contributed by atoms with E-state index in [0.717, 1.165) is 17.4 Å². The topological polar surface area (TPSA) is 128 Å². The van der Waals surface area contributed by atoms with Gasteiger partial charge in [-0.2, -0.15) is 5.26 Å². The molecule has 3 aromatic heterocycles. The van der Waals surface area contributed by atoms with Crippen molar-refractivity contribution >= 4 is 34.6 Å². The average molecular weight is 551 g/mol. The first-order valence-corrected chi connectivity index (χ1v) is 12.4. The van der Waals surface area contributed by atoms with Crippen molar-refractivity contribution in [3.8, 4) is 22.9 Å². The summed E-state index contributed by atoms with van der Waals surface area (Å²) in [5.41, 5.74) is 6.26. The molecule has 1 atom stereocenters. The molecule has 8 nitrogen and oxygen atoms in total. The fourth-order valence-electron chi connectivity index (χ4n) is 4.03. The van der Waals surface area contributed by atoms with Crippen molar-refractivity contribution in [3.05, 3.63) is 103 Å². The minimum atomic E-state index is -1.03. The van der Waals surface area contributed by atoms with E-state index in [1.54, 1.807) is 36.5 Å². The molecule has 0 saturated heterocycles. The zero-order valence-corrected chi connectivity index (χ0v) is 21.6. The molecular weight excluding hydrogens is 531 g/mol. The van der Waals surface area contributed by atoms with E-state index in [-0.39, 0.29) is 29.0 Å². The molecule has 0 fully saturated rings. The van der Waals surface area contributed by atoms with Crippen molar-refractivity contribution in [2.75, 3.05) is 7.11 Å². The van der Waals surface area contributed by atoms with Crippen LogP contribution in [-0.4, -0.2) is 28.4 Å². The van der Waals surface area contributed by atoms with Crippen LogP contribution in [0.4, 0.5) is 4.39 Å². The highest BCUT2D eigenvalue weighted by atomic mass is 35.5. The van der Waals surface area contributed by atoms with Crippen molar-refractivity contribution in [1.29, 1.82) is 5.26 Å². The molecule has 2 N–H and O–H groups in total. The summed E-state index contributed by atoms with van der Waals surface area (Å²) in [4.78, 5) is 42.7. The van der Waals surface area contributed by atoms with Gasteiger partial charge in [-0.3, -0.25) is 19.4 Å². The molecular formula is C27H20ClFN4O4S. The van der Waals surface area contributed by atoms with Crippen LogP contribution in [0.2, 0.25) is 5.02 Å². The Morgan fingerprint density at radius 1 is 1.24 bits per heavy atom. The number of nitriles is 1. The predicted octanol–water partition coefficient (Wildman–Crippen LogP) is 4.34. The van der Waals surface area contributed by atoms with Crippen LogP contribution in [0.1, 0.15) is 31.8 Å². The third-order valence-electron chi connectivity index (χ3n) is 5.80. The fraction of sp³-hybridized carbons (Fsp3) is 0.148. The maximum Gasteiger partial charge on any atom is 0.261 e. The minimum absolute atomic E-state index is 0.0687. The molecule has 11 heteroatoms. The van der Waals surface area contributed by atoms with Crippen LogP contribution >= 0.6 is 22.9 Å². The van der Waals surface area contributed by atoms with Gasteiger partial charge in [0.25, 0.3) is 11.5 Å². The first-order valence-electron chi connectivity index (χ1n) is 11.2. The van der Waals surface area contributed by atoms with Crippen LogP contribution in [0.15, 0.2) is 65.7 Å². The summed E-state index contributed by atoms with van der Waals surface area (Å²) in [6, 6.07) is 13.3. The van der Waals surface area contributed by atoms with Crippen molar-refractivity contribution in [2.24, 2.45) is 5.73 Å². The highest BCUT2D eigenvalue weighted by Gasteiger charge is 2.26. The van der Waals surface area contributed by atoms with Gasteiger partial charge < -0.3 is 15.0 Å². The number of ether oxygens (including phenoxy) is 1. The van der Waals surface area contributed by atoms with Crippen molar-refractivity contribution in [3.63, 3.8) is 0 Å². The Labute approximate surface area is 225 Å². The van der Waals surface area contributed by atoms with E-state index in [4.69, 9.17) is 22.1 Å². The highest BCUT2D eigenvalue weighted by molar-refractivity contribution is 7.14. The molecule has 0 aliphatic rings. The monoisotopic (exact) mass is 550 g/mol. The Kier molecular flexibility index (Phi) is 8.00. The summed E-state index contributed by atoms with van der Waals surface area (Å²) >= 11 is 6.93. The lowest BCUT2D eigenvalue weighted by Crippen LogP contribution is -2.32. The number of Topliss-reactive ketones (excluding diaryl/α,β-unsaturated/α-hetero) is 1. The smallest absolute Gasteiger partial charge is 0.261 e. The molecule has 0 radical (unpaired) electrons. The zero-order chi connectivity index (χ0) is 27.4. The summed E-state index contributed by atoms with van der Waals surface area (Å²) in [6.45, 7) is 0. The van der Waals surface area contributed by atoms with E-state index in [0.29, 0.717) is 26.7 Å². The minimum Gasteiger partial charge on any atom is -0.495 e. The van der Waals surface area contributed by atoms with E-state index in [1.165, 1.54) is 30.0 Å². The highest BCUT2D eigenvalue weighted by Crippen LogP contribution is 2.34. The number of primary amides is 1. The Bertz CT molecular complexity index is 1630. The number of aromatic nitrogens is 2. The number of ketones is 1. The molecule has 192 valence electrons. The Morgan fingerprint density at radius 2 is 2.03 bits per heavy atom. The molecule has 1 unspecified atom stereocenters. The SMILES string of the molecule is COc1cn(C(Cc2ccccn2)C(=O)Cc2cc(F)c(C(N)=O)s2)c(=O)cc1-c1cc(Cl)ccc1C#N. The van der Waals surface area contributed by atoms with Gasteiger partial charge in [0, 0.05) is 51.8 Å². The number of nitrogens with zero attached hydrogens (tertiary/aromatic N) is 3. The number of pyridine rings is 2. The van der Waals surface area contributed by atoms with Crippen molar-refractivity contribution in [2.45, 2.75) is 18.9 Å². The van der Waals surface area contributed by atoms with Gasteiger partial charge in [-0.05, 0) is 36.4 Å². The summed E-state index contributed by atoms with van der Waals surface area (Å²) in [6.07, 6.45) is 2.80. The zero-order valence-electron chi connectivity index (χ0n) is 20.0. The van der Waals surface area contributed by atoms with E-state index in [1.807, 2.05) is 0 Å². The number of methoxy groups -OCH3 is 1. The Hall–Kier alpha value is -4.33. The van der Waals surface area contributed by atoms with Gasteiger partial charge >= 0.3 is 0 Å². The van der Waals surface area contributed by atoms with Crippen molar-refractivity contribution < 1.29 is 18.7 Å². The number of hydrogen-bond donors (Lipinski definition) is 1. The second-order valence-electron chi connectivity index (χ2n) is 8.24. The van der Waals surface area contributed by atoms with Gasteiger partial charge in [0.1, 0.15) is 22.5 Å². The van der Waals surface area contributed by atoms with Crippen LogP contribution in [0.3, 0.4) is 0 Å². The molecule has 38 heavy (non-hydrogen) atoms. The number of carbonyl (C=O) groups is 2. The van der Waals surface area contributed by atoms with E-state index >= 15 is 0 Å². The second kappa shape index (κ2) is 11.4. The van der Waals surface area contributed by atoms with Crippen LogP contribution in [0, 0.1) is 17.1 Å². The number of carbonyl (C=O) groups excluding carboxylic acids is 2. The average Bonchev–Trinajstić information content (AvgIpc) is 3.27. The molecule has 0 aliphatic carbocycles. The van der Waals surface area contributed by atoms with Gasteiger partial charge in [0.05, 0.1) is 24.9 Å². The van der Waals surface area contributed by atoms with Gasteiger partial charge in [-0.15, -0.1) is 11.3 Å². The number of rotatable bonds is 9. The van der Waals surface area contributed by atoms with Gasteiger partial charge in [-0.25, -0.2) is 4.39 Å². The standard InChI is InChI=1S/C27H20ClFN4O4S/c1-37-24-14-33(25(35)12-20(24)19-8-16(28)6-5-15(19)13-30)22(9-17-4-2-3-7-32-17)23(34)11-18-10-21(29)26(38-18)27(31)36/h2-8,10,12,14,22H,9,11H2,1H3,(H2,31,36). The van der Waals surface area contributed by atoms with Gasteiger partial charge in [0.2, 0.25) is 0 Å². The maximum absolute atomic E-state index is 14.1. The molecule has 0 saturated carbocycles. The molecule has 1 amide bonds. The molecule has 3 heterocycles. The first-order chi connectivity index (χ1) is 18.2. The van der Waals surface area contributed by atoms with Crippen LogP contribution < -0.4 is 16.0 Å². The lowest BCUT2D eigenvalue weighted by molar-refractivity contribution is -0.121. The van der Waals surface area contributed by atoms with Gasteiger partial charge in [0.15, 0.2) is 5.78 Å².